The number of rotatable bonds is 10. The van der Waals surface area contributed by atoms with Gasteiger partial charge in [-0.25, -0.2) is 15.2 Å². The fraction of sp³-hybridized carbons (Fsp3) is 0.540. The lowest BCUT2D eigenvalue weighted by molar-refractivity contribution is -0.155. The largest absolute Gasteiger partial charge is 0.464 e. The minimum Gasteiger partial charge on any atom is -0.464 e. The number of pyridine rings is 1. The summed E-state index contributed by atoms with van der Waals surface area (Å²) in [5.41, 5.74) is 9.24. The van der Waals surface area contributed by atoms with Gasteiger partial charge in [-0.3, -0.25) is 29.2 Å². The number of cyclic esters (lactones) is 1. The number of methoxy groups -OCH3 is 1. The topological polar surface area (TPSA) is 172 Å². The van der Waals surface area contributed by atoms with E-state index in [-0.39, 0.29) is 48.9 Å². The van der Waals surface area contributed by atoms with Crippen molar-refractivity contribution in [2.45, 2.75) is 111 Å². The Morgan fingerprint density at radius 1 is 1.15 bits per heavy atom. The number of carbonyl (C=O) groups is 5. The summed E-state index contributed by atoms with van der Waals surface area (Å²) in [5.74, 6) is -1.92. The van der Waals surface area contributed by atoms with Crippen LogP contribution in [0.25, 0.3) is 33.4 Å². The zero-order valence-electron chi connectivity index (χ0n) is 40.6. The molecule has 67 heavy (non-hydrogen) atoms. The Morgan fingerprint density at radius 3 is 2.61 bits per heavy atom. The van der Waals surface area contributed by atoms with Crippen LogP contribution in [0.5, 0.6) is 0 Å². The molecule has 2 N–H and O–H groups in total. The van der Waals surface area contributed by atoms with E-state index in [0.29, 0.717) is 50.4 Å². The number of hydrogen-bond donors (Lipinski definition) is 2. The Bertz CT molecular complexity index is 2520. The molecule has 3 aliphatic rings. The molecule has 16 nitrogen and oxygen atoms in total. The lowest BCUT2D eigenvalue weighted by Crippen LogP contribution is -2.62. The van der Waals surface area contributed by atoms with Crippen molar-refractivity contribution in [3.05, 3.63) is 70.8 Å². The van der Waals surface area contributed by atoms with Gasteiger partial charge in [-0.2, -0.15) is 0 Å². The van der Waals surface area contributed by atoms with E-state index in [1.54, 1.807) is 37.2 Å². The molecular weight excluding hydrogens is 871 g/mol. The molecule has 0 radical (unpaired) electrons. The molecule has 7 rings (SSSR count). The molecule has 3 aliphatic heterocycles. The fourth-order valence-corrected chi connectivity index (χ4v) is 10.9. The lowest BCUT2D eigenvalue weighted by atomic mass is 9.84. The minimum atomic E-state index is -1.10. The number of aryl methyl sites for hydroxylation is 1. The highest BCUT2D eigenvalue weighted by molar-refractivity contribution is 7.10. The second kappa shape index (κ2) is 20.3. The molecule has 6 bridgehead atoms. The highest BCUT2D eigenvalue weighted by Gasteiger charge is 2.41. The first-order valence-corrected chi connectivity index (χ1v) is 24.3. The second-order valence-electron chi connectivity index (χ2n) is 19.5. The number of hydrazine groups is 1. The summed E-state index contributed by atoms with van der Waals surface area (Å²) >= 11 is 1.40. The van der Waals surface area contributed by atoms with Crippen LogP contribution in [0.15, 0.2) is 54.6 Å². The molecule has 1 aromatic carbocycles. The second-order valence-corrected chi connectivity index (χ2v) is 20.4. The van der Waals surface area contributed by atoms with Gasteiger partial charge in [0.25, 0.3) is 5.91 Å². The van der Waals surface area contributed by atoms with E-state index in [1.165, 1.54) is 27.3 Å². The van der Waals surface area contributed by atoms with Crippen LogP contribution in [0.4, 0.5) is 4.79 Å². The number of nitrogens with zero attached hydrogens (tertiary/aromatic N) is 7. The number of likely N-dealkylation sites (N-methyl/N-ethyl adjacent to an activating group) is 2. The van der Waals surface area contributed by atoms with Crippen LogP contribution >= 0.6 is 11.3 Å². The van der Waals surface area contributed by atoms with Crippen LogP contribution in [0.1, 0.15) is 83.7 Å². The van der Waals surface area contributed by atoms with Crippen LogP contribution in [-0.2, 0) is 48.0 Å². The maximum atomic E-state index is 14.7. The average molecular weight is 938 g/mol. The maximum Gasteiger partial charge on any atom is 0.324 e. The van der Waals surface area contributed by atoms with Crippen LogP contribution < -0.4 is 10.7 Å². The van der Waals surface area contributed by atoms with Crippen molar-refractivity contribution in [1.29, 1.82) is 0 Å². The first-order chi connectivity index (χ1) is 31.9. The van der Waals surface area contributed by atoms with Crippen molar-refractivity contribution >= 4 is 52.0 Å². The molecule has 0 aliphatic carbocycles. The van der Waals surface area contributed by atoms with Gasteiger partial charge in [-0.1, -0.05) is 47.3 Å². The van der Waals surface area contributed by atoms with Crippen molar-refractivity contribution in [2.24, 2.45) is 17.3 Å². The van der Waals surface area contributed by atoms with Gasteiger partial charge in [-0.05, 0) is 80.9 Å². The van der Waals surface area contributed by atoms with Gasteiger partial charge < -0.3 is 34.1 Å². The molecule has 17 heteroatoms. The standard InChI is InChI=1S/C50H67N9O7S/c1-12-42(60)57-25-30(5)40(26-57)55(9)49(64)56(10)44(29(3)4)46(61)53-37-23-41-52-38(27-67-41)32-18-19-39-34(22-32)35(45(58(39)13-2)33-16-14-20-51-43(33)31(6)65-11)24-50(7,8)28-66-48(63)36-17-15-21-59(54-36)47(37)62/h12,14,16,18-20,22,27,29-31,36-37,40,44,54H,1,13,15,17,21,23-26,28H2,2-11H3,(H,53,61)/t30-,31-,36-,37-,40+,44?/m0/s1. The summed E-state index contributed by atoms with van der Waals surface area (Å²) in [6, 6.07) is 6.91. The minimum absolute atomic E-state index is 0.000812. The van der Waals surface area contributed by atoms with Crippen molar-refractivity contribution in [1.82, 2.24) is 45.0 Å². The molecule has 3 aromatic heterocycles. The number of amides is 5. The number of ether oxygens (including phenoxy) is 2. The van der Waals surface area contributed by atoms with E-state index in [2.05, 4.69) is 66.9 Å². The van der Waals surface area contributed by atoms with Crippen LogP contribution in [-0.4, -0.2) is 136 Å². The summed E-state index contributed by atoms with van der Waals surface area (Å²) in [4.78, 5) is 84.3. The number of likely N-dealkylation sites (tertiary alicyclic amines) is 1. The Hall–Kier alpha value is -5.65. The van der Waals surface area contributed by atoms with E-state index < -0.39 is 41.3 Å². The van der Waals surface area contributed by atoms with Crippen molar-refractivity contribution in [3.8, 4) is 22.5 Å². The van der Waals surface area contributed by atoms with E-state index in [4.69, 9.17) is 19.4 Å². The smallest absolute Gasteiger partial charge is 0.324 e. The highest BCUT2D eigenvalue weighted by Crippen LogP contribution is 2.42. The molecule has 0 spiro atoms. The molecule has 2 saturated heterocycles. The number of thiazole rings is 1. The molecule has 6 heterocycles. The van der Waals surface area contributed by atoms with E-state index in [0.717, 1.165) is 44.7 Å². The molecule has 4 aromatic rings. The summed E-state index contributed by atoms with van der Waals surface area (Å²) in [5, 5.41) is 8.10. The summed E-state index contributed by atoms with van der Waals surface area (Å²) in [6.07, 6.45) is 4.44. The summed E-state index contributed by atoms with van der Waals surface area (Å²) < 4.78 is 14.2. The fourth-order valence-electron chi connectivity index (χ4n) is 10.0. The van der Waals surface area contributed by atoms with Crippen molar-refractivity contribution < 1.29 is 33.4 Å². The van der Waals surface area contributed by atoms with Gasteiger partial charge in [0.05, 0.1) is 40.8 Å². The molecule has 2 fully saturated rings. The van der Waals surface area contributed by atoms with Crippen LogP contribution in [0.2, 0.25) is 0 Å². The molecule has 1 unspecified atom stereocenters. The van der Waals surface area contributed by atoms with Gasteiger partial charge in [0.2, 0.25) is 11.8 Å². The first kappa shape index (κ1) is 49.3. The Balaban J connectivity index is 1.25. The zero-order valence-corrected chi connectivity index (χ0v) is 41.4. The Morgan fingerprint density at radius 2 is 1.91 bits per heavy atom. The molecule has 360 valence electrons. The SMILES string of the molecule is C=CC(=O)N1C[C@@H](N(C)C(=O)N(C)C(C(=O)N[C@H]2Cc3nc(cs3)-c3ccc4c(c3)c(c(-c3cccnc3[C@H](C)OC)n4CC)CC(C)(C)COC(=O)[C@@H]3CCCN(N3)C2=O)C(C)C)[C@@H](C)C1. The molecule has 5 amide bonds. The van der Waals surface area contributed by atoms with E-state index in [9.17, 15) is 24.0 Å². The van der Waals surface area contributed by atoms with Crippen LogP contribution in [0, 0.1) is 17.3 Å². The number of nitrogens with one attached hydrogen (secondary N) is 2. The number of benzene rings is 1. The van der Waals surface area contributed by atoms with Gasteiger partial charge in [0.1, 0.15) is 18.1 Å². The van der Waals surface area contributed by atoms with E-state index >= 15 is 0 Å². The van der Waals surface area contributed by atoms with Crippen molar-refractivity contribution in [2.75, 3.05) is 47.4 Å². The Kier molecular flexibility index (Phi) is 14.9. The monoisotopic (exact) mass is 937 g/mol. The van der Waals surface area contributed by atoms with Gasteiger partial charge in [-0.15, -0.1) is 11.3 Å². The third-order valence-corrected chi connectivity index (χ3v) is 14.5. The van der Waals surface area contributed by atoms with Gasteiger partial charge in [0, 0.05) is 92.8 Å². The maximum absolute atomic E-state index is 14.7. The number of esters is 1. The third-order valence-electron chi connectivity index (χ3n) is 13.6. The number of hydrogen-bond acceptors (Lipinski definition) is 11. The first-order valence-electron chi connectivity index (χ1n) is 23.4. The summed E-state index contributed by atoms with van der Waals surface area (Å²) in [6.45, 7) is 19.6. The molecule has 6 atom stereocenters. The predicted molar refractivity (Wildman–Crippen MR) is 259 cm³/mol. The molecular formula is C50H67N9O7S. The summed E-state index contributed by atoms with van der Waals surface area (Å²) in [7, 11) is 4.96. The number of urea groups is 1. The lowest BCUT2D eigenvalue weighted by Gasteiger charge is -2.38. The molecule has 0 saturated carbocycles. The van der Waals surface area contributed by atoms with Gasteiger partial charge >= 0.3 is 12.0 Å². The number of aromatic nitrogens is 3. The average Bonchev–Trinajstić information content (AvgIpc) is 4.04. The predicted octanol–water partition coefficient (Wildman–Crippen LogP) is 6.24. The Labute approximate surface area is 398 Å². The van der Waals surface area contributed by atoms with Gasteiger partial charge in [0.15, 0.2) is 0 Å². The van der Waals surface area contributed by atoms with E-state index in [1.807, 2.05) is 39.1 Å². The number of carbonyl (C=O) groups excluding carboxylic acids is 5. The zero-order chi connectivity index (χ0) is 48.5. The van der Waals surface area contributed by atoms with Crippen molar-refractivity contribution in [3.63, 3.8) is 0 Å². The normalized spacial score (nSPS) is 22.0. The highest BCUT2D eigenvalue weighted by atomic mass is 32.1. The number of fused-ring (bicyclic) bond motifs is 6. The van der Waals surface area contributed by atoms with Crippen LogP contribution in [0.3, 0.4) is 0 Å². The third kappa shape index (κ3) is 10.1. The quantitative estimate of drug-likeness (QED) is 0.137.